The molecule has 1 heterocycles. The van der Waals surface area contributed by atoms with Crippen molar-refractivity contribution in [1.29, 1.82) is 0 Å². The Balaban J connectivity index is 1.37. The summed E-state index contributed by atoms with van der Waals surface area (Å²) < 4.78 is 2.62. The molecule has 0 atom stereocenters. The molecule has 0 bridgehead atoms. The molecule has 0 N–H and O–H groups in total. The van der Waals surface area contributed by atoms with Gasteiger partial charge >= 0.3 is 0 Å². The standard InChI is InChI=1S/C45H33NS/c1-5-32-35-25-24-31(27-40(35)45(3,4)39(32)6-2)46(30-23-22-28-14-7-8-15-29(28)26-30)41-21-13-20-38-42-36-18-11-9-16-33(36)34-17-10-12-19-37(34)44(42)47-43(38)41/h5-27H,1-2H2,3-4H3. The molecule has 0 fully saturated rings. The SMILES string of the molecule is C=CC1=C(C=C)C(C)(C)c2cc(N(c3ccc4ccccc4c3)c3cccc4c3sc3c5ccccc5c5ccccc5c43)ccc21. The zero-order valence-corrected chi connectivity index (χ0v) is 27.4. The molecule has 0 amide bonds. The van der Waals surface area contributed by atoms with E-state index in [-0.39, 0.29) is 5.41 Å². The van der Waals surface area contributed by atoms with E-state index in [9.17, 15) is 0 Å². The first-order chi connectivity index (χ1) is 23.0. The topological polar surface area (TPSA) is 3.24 Å². The maximum atomic E-state index is 4.18. The quantitative estimate of drug-likeness (QED) is 0.173. The summed E-state index contributed by atoms with van der Waals surface area (Å²) in [5.41, 5.74) is 8.21. The van der Waals surface area contributed by atoms with Crippen LogP contribution in [0.4, 0.5) is 17.1 Å². The van der Waals surface area contributed by atoms with Gasteiger partial charge in [0.1, 0.15) is 0 Å². The molecule has 0 saturated carbocycles. The van der Waals surface area contributed by atoms with Crippen molar-refractivity contribution >= 4 is 86.5 Å². The predicted octanol–water partition coefficient (Wildman–Crippen LogP) is 13.4. The molecular formula is C45H33NS. The van der Waals surface area contributed by atoms with Crippen molar-refractivity contribution in [2.75, 3.05) is 4.90 Å². The van der Waals surface area contributed by atoms with Crippen molar-refractivity contribution in [1.82, 2.24) is 0 Å². The van der Waals surface area contributed by atoms with E-state index in [0.717, 1.165) is 11.4 Å². The minimum atomic E-state index is -0.187. The highest BCUT2D eigenvalue weighted by Crippen LogP contribution is 2.52. The van der Waals surface area contributed by atoms with Crippen molar-refractivity contribution < 1.29 is 0 Å². The van der Waals surface area contributed by atoms with Crippen LogP contribution < -0.4 is 4.90 Å². The average Bonchev–Trinajstić information content (AvgIpc) is 3.61. The fraction of sp³-hybridized carbons (Fsp3) is 0.0667. The molecule has 224 valence electrons. The summed E-state index contributed by atoms with van der Waals surface area (Å²) in [7, 11) is 0. The predicted molar refractivity (Wildman–Crippen MR) is 207 cm³/mol. The van der Waals surface area contributed by atoms with Gasteiger partial charge in [0.25, 0.3) is 0 Å². The second-order valence-electron chi connectivity index (χ2n) is 13.0. The molecule has 47 heavy (non-hydrogen) atoms. The van der Waals surface area contributed by atoms with Gasteiger partial charge in [-0.25, -0.2) is 0 Å². The van der Waals surface area contributed by atoms with E-state index in [1.807, 2.05) is 23.5 Å². The summed E-state index contributed by atoms with van der Waals surface area (Å²) in [4.78, 5) is 2.46. The molecule has 9 rings (SSSR count). The Kier molecular flexibility index (Phi) is 6.09. The summed E-state index contributed by atoms with van der Waals surface area (Å²) in [6.07, 6.45) is 3.99. The van der Waals surface area contributed by atoms with Crippen LogP contribution in [0.2, 0.25) is 0 Å². The van der Waals surface area contributed by atoms with Crippen LogP contribution >= 0.6 is 11.3 Å². The smallest absolute Gasteiger partial charge is 0.0640 e. The number of hydrogen-bond donors (Lipinski definition) is 0. The van der Waals surface area contributed by atoms with E-state index in [1.165, 1.54) is 80.5 Å². The van der Waals surface area contributed by atoms with Crippen LogP contribution in [0.3, 0.4) is 0 Å². The van der Waals surface area contributed by atoms with Crippen molar-refractivity contribution in [2.45, 2.75) is 19.3 Å². The Morgan fingerprint density at radius 2 is 1.21 bits per heavy atom. The molecule has 0 aliphatic heterocycles. The molecule has 0 saturated heterocycles. The lowest BCUT2D eigenvalue weighted by Crippen LogP contribution is -2.17. The Morgan fingerprint density at radius 1 is 0.574 bits per heavy atom. The summed E-state index contributed by atoms with van der Waals surface area (Å²) in [6.45, 7) is 13.0. The fourth-order valence-electron chi connectivity index (χ4n) is 7.97. The van der Waals surface area contributed by atoms with Gasteiger partial charge < -0.3 is 4.90 Å². The van der Waals surface area contributed by atoms with Crippen molar-refractivity contribution in [3.63, 3.8) is 0 Å². The number of fused-ring (bicyclic) bond motifs is 10. The monoisotopic (exact) mass is 619 g/mol. The number of nitrogens with zero attached hydrogens (tertiary/aromatic N) is 1. The van der Waals surface area contributed by atoms with Gasteiger partial charge in [0.2, 0.25) is 0 Å². The van der Waals surface area contributed by atoms with Gasteiger partial charge in [-0.1, -0.05) is 136 Å². The molecule has 1 aliphatic rings. The van der Waals surface area contributed by atoms with Gasteiger partial charge in [-0.05, 0) is 79.5 Å². The summed E-state index contributed by atoms with van der Waals surface area (Å²) in [6, 6.07) is 47.0. The van der Waals surface area contributed by atoms with Crippen LogP contribution in [-0.2, 0) is 5.41 Å². The van der Waals surface area contributed by atoms with Crippen LogP contribution in [-0.4, -0.2) is 0 Å². The lowest BCUT2D eigenvalue weighted by molar-refractivity contribution is 0.654. The molecule has 0 spiro atoms. The Labute approximate surface area is 279 Å². The Morgan fingerprint density at radius 3 is 1.98 bits per heavy atom. The molecule has 2 heteroatoms. The van der Waals surface area contributed by atoms with Crippen LogP contribution in [0, 0.1) is 0 Å². The first-order valence-electron chi connectivity index (χ1n) is 16.2. The maximum absolute atomic E-state index is 4.18. The minimum absolute atomic E-state index is 0.187. The third-order valence-electron chi connectivity index (χ3n) is 10.2. The number of allylic oxidation sites excluding steroid dienone is 4. The van der Waals surface area contributed by atoms with Gasteiger partial charge in [-0.15, -0.1) is 11.3 Å². The van der Waals surface area contributed by atoms with Gasteiger partial charge in [-0.2, -0.15) is 0 Å². The van der Waals surface area contributed by atoms with Gasteiger partial charge in [0, 0.05) is 37.6 Å². The lowest BCUT2D eigenvalue weighted by Gasteiger charge is -2.29. The Bertz CT molecular complexity index is 2650. The second-order valence-corrected chi connectivity index (χ2v) is 14.0. The van der Waals surface area contributed by atoms with E-state index in [4.69, 9.17) is 0 Å². The number of benzene rings is 7. The molecule has 1 nitrogen and oxygen atoms in total. The molecule has 1 aliphatic carbocycles. The normalized spacial score (nSPS) is 14.0. The zero-order chi connectivity index (χ0) is 31.9. The van der Waals surface area contributed by atoms with E-state index in [0.29, 0.717) is 0 Å². The highest BCUT2D eigenvalue weighted by Gasteiger charge is 2.36. The number of anilines is 3. The Hall–Kier alpha value is -5.44. The minimum Gasteiger partial charge on any atom is -0.309 e. The van der Waals surface area contributed by atoms with Gasteiger partial charge in [0.15, 0.2) is 0 Å². The molecule has 7 aromatic carbocycles. The van der Waals surface area contributed by atoms with E-state index in [2.05, 4.69) is 159 Å². The highest BCUT2D eigenvalue weighted by atomic mass is 32.1. The van der Waals surface area contributed by atoms with Crippen molar-refractivity contribution in [3.8, 4) is 0 Å². The highest BCUT2D eigenvalue weighted by molar-refractivity contribution is 7.27. The van der Waals surface area contributed by atoms with E-state index < -0.39 is 0 Å². The van der Waals surface area contributed by atoms with Gasteiger partial charge in [-0.3, -0.25) is 0 Å². The van der Waals surface area contributed by atoms with Crippen LogP contribution in [0.5, 0.6) is 0 Å². The molecule has 0 unspecified atom stereocenters. The third kappa shape index (κ3) is 3.95. The van der Waals surface area contributed by atoms with Crippen molar-refractivity contribution in [2.24, 2.45) is 0 Å². The second kappa shape index (κ2) is 10.3. The van der Waals surface area contributed by atoms with Crippen LogP contribution in [0.1, 0.15) is 25.0 Å². The maximum Gasteiger partial charge on any atom is 0.0640 e. The largest absolute Gasteiger partial charge is 0.309 e. The molecule has 8 aromatic rings. The average molecular weight is 620 g/mol. The first-order valence-corrected chi connectivity index (χ1v) is 17.0. The summed E-state index contributed by atoms with van der Waals surface area (Å²) >= 11 is 1.91. The summed E-state index contributed by atoms with van der Waals surface area (Å²) in [5.74, 6) is 0. The molecular weight excluding hydrogens is 587 g/mol. The van der Waals surface area contributed by atoms with Crippen LogP contribution in [0.25, 0.3) is 58.1 Å². The summed E-state index contributed by atoms with van der Waals surface area (Å²) in [5, 5.41) is 10.3. The lowest BCUT2D eigenvalue weighted by atomic mass is 9.81. The molecule has 1 aromatic heterocycles. The van der Waals surface area contributed by atoms with E-state index in [1.54, 1.807) is 0 Å². The molecule has 0 radical (unpaired) electrons. The zero-order valence-electron chi connectivity index (χ0n) is 26.5. The number of rotatable bonds is 5. The number of thiophene rings is 1. The number of hydrogen-bond acceptors (Lipinski definition) is 2. The van der Waals surface area contributed by atoms with Gasteiger partial charge in [0.05, 0.1) is 10.4 Å². The van der Waals surface area contributed by atoms with Crippen LogP contribution in [0.15, 0.2) is 158 Å². The first kappa shape index (κ1) is 27.8. The van der Waals surface area contributed by atoms with Crippen molar-refractivity contribution in [3.05, 3.63) is 169 Å². The van der Waals surface area contributed by atoms with E-state index >= 15 is 0 Å². The fourth-order valence-corrected chi connectivity index (χ4v) is 9.33. The third-order valence-corrected chi connectivity index (χ3v) is 11.4.